The van der Waals surface area contributed by atoms with E-state index in [1.807, 2.05) is 48.8 Å². The average Bonchev–Trinajstić information content (AvgIpc) is 2.85. The Hall–Kier alpha value is -1.81. The summed E-state index contributed by atoms with van der Waals surface area (Å²) < 4.78 is 5.11. The van der Waals surface area contributed by atoms with Crippen molar-refractivity contribution in [3.05, 3.63) is 40.9 Å². The zero-order chi connectivity index (χ0) is 12.1. The minimum Gasteiger partial charge on any atom is -0.497 e. The van der Waals surface area contributed by atoms with Crippen LogP contribution in [-0.2, 0) is 0 Å². The summed E-state index contributed by atoms with van der Waals surface area (Å²) in [6.07, 6.45) is 4.03. The maximum Gasteiger partial charge on any atom is 0.182 e. The van der Waals surface area contributed by atoms with Gasteiger partial charge in [0.25, 0.3) is 0 Å². The molecule has 0 unspecified atom stereocenters. The molecule has 3 nitrogen and oxygen atoms in total. The van der Waals surface area contributed by atoms with Crippen LogP contribution in [0, 0.1) is 0 Å². The Bertz CT molecular complexity index is 502. The van der Waals surface area contributed by atoms with Crippen LogP contribution in [-0.4, -0.2) is 19.1 Å². The van der Waals surface area contributed by atoms with Crippen LogP contribution in [0.2, 0.25) is 0 Å². The van der Waals surface area contributed by atoms with Gasteiger partial charge in [0.2, 0.25) is 0 Å². The number of rotatable bonds is 4. The van der Waals surface area contributed by atoms with E-state index >= 15 is 0 Å². The van der Waals surface area contributed by atoms with Crippen molar-refractivity contribution in [2.45, 2.75) is 0 Å². The molecule has 0 fully saturated rings. The zero-order valence-corrected chi connectivity index (χ0v) is 10.6. The van der Waals surface area contributed by atoms with Gasteiger partial charge in [-0.1, -0.05) is 18.2 Å². The van der Waals surface area contributed by atoms with E-state index in [2.05, 4.69) is 10.3 Å². The van der Waals surface area contributed by atoms with Gasteiger partial charge >= 0.3 is 0 Å². The minimum atomic E-state index is 0.869. The second-order valence-electron chi connectivity index (χ2n) is 3.43. The second kappa shape index (κ2) is 5.50. The lowest BCUT2D eigenvalue weighted by Crippen LogP contribution is -1.85. The van der Waals surface area contributed by atoms with Crippen LogP contribution in [0.4, 0.5) is 5.13 Å². The number of ether oxygens (including phenoxy) is 1. The van der Waals surface area contributed by atoms with Gasteiger partial charge in [-0.15, -0.1) is 11.3 Å². The molecule has 1 heterocycles. The fourth-order valence-electron chi connectivity index (χ4n) is 1.37. The Labute approximate surface area is 105 Å². The van der Waals surface area contributed by atoms with Crippen LogP contribution in [0.5, 0.6) is 5.75 Å². The summed E-state index contributed by atoms with van der Waals surface area (Å²) in [5, 5.41) is 5.97. The van der Waals surface area contributed by atoms with Gasteiger partial charge in [0.1, 0.15) is 5.75 Å². The molecule has 4 heteroatoms. The highest BCUT2D eigenvalue weighted by molar-refractivity contribution is 7.13. The lowest BCUT2D eigenvalue weighted by atomic mass is 10.2. The van der Waals surface area contributed by atoms with Crippen molar-refractivity contribution >= 4 is 28.6 Å². The van der Waals surface area contributed by atoms with Crippen molar-refractivity contribution in [3.63, 3.8) is 0 Å². The number of hydrogen-bond acceptors (Lipinski definition) is 4. The van der Waals surface area contributed by atoms with E-state index in [-0.39, 0.29) is 0 Å². The van der Waals surface area contributed by atoms with E-state index in [1.165, 1.54) is 0 Å². The van der Waals surface area contributed by atoms with Crippen LogP contribution in [0.3, 0.4) is 0 Å². The summed E-state index contributed by atoms with van der Waals surface area (Å²) in [6.45, 7) is 0. The molecule has 0 amide bonds. The van der Waals surface area contributed by atoms with E-state index in [9.17, 15) is 0 Å². The van der Waals surface area contributed by atoms with E-state index in [4.69, 9.17) is 4.74 Å². The Kier molecular flexibility index (Phi) is 3.77. The Morgan fingerprint density at radius 1 is 1.24 bits per heavy atom. The third-order valence-electron chi connectivity index (χ3n) is 2.30. The number of thiazole rings is 1. The van der Waals surface area contributed by atoms with Gasteiger partial charge in [0, 0.05) is 12.4 Å². The molecule has 0 saturated carbocycles. The van der Waals surface area contributed by atoms with E-state index in [0.29, 0.717) is 0 Å². The first-order valence-electron chi connectivity index (χ1n) is 5.27. The summed E-state index contributed by atoms with van der Waals surface area (Å²) >= 11 is 1.60. The lowest BCUT2D eigenvalue weighted by Gasteiger charge is -1.98. The van der Waals surface area contributed by atoms with Crippen molar-refractivity contribution in [3.8, 4) is 5.75 Å². The molecule has 0 aliphatic rings. The predicted molar refractivity (Wildman–Crippen MR) is 73.6 cm³/mol. The van der Waals surface area contributed by atoms with Crippen molar-refractivity contribution in [1.82, 2.24) is 4.98 Å². The molecule has 0 saturated heterocycles. The number of methoxy groups -OCH3 is 1. The zero-order valence-electron chi connectivity index (χ0n) is 9.81. The molecule has 0 atom stereocenters. The maximum atomic E-state index is 5.11. The molecule has 0 bridgehead atoms. The van der Waals surface area contributed by atoms with Crippen LogP contribution in [0.25, 0.3) is 12.2 Å². The van der Waals surface area contributed by atoms with Crippen LogP contribution < -0.4 is 10.1 Å². The van der Waals surface area contributed by atoms with Crippen molar-refractivity contribution in [2.24, 2.45) is 0 Å². The highest BCUT2D eigenvalue weighted by atomic mass is 32.1. The van der Waals surface area contributed by atoms with E-state index in [0.717, 1.165) is 22.1 Å². The standard InChI is InChI=1S/C13H14N2OS/c1-14-13-15-11(9-17-13)6-3-10-4-7-12(16-2)8-5-10/h3-9H,1-2H3,(H,14,15)/b6-3+. The predicted octanol–water partition coefficient (Wildman–Crippen LogP) is 3.36. The minimum absolute atomic E-state index is 0.869. The maximum absolute atomic E-state index is 5.11. The third-order valence-corrected chi connectivity index (χ3v) is 3.18. The molecule has 2 rings (SSSR count). The Morgan fingerprint density at radius 3 is 2.59 bits per heavy atom. The van der Waals surface area contributed by atoms with E-state index in [1.54, 1.807) is 18.4 Å². The highest BCUT2D eigenvalue weighted by Gasteiger charge is 1.95. The third kappa shape index (κ3) is 3.07. The van der Waals surface area contributed by atoms with Crippen molar-refractivity contribution in [1.29, 1.82) is 0 Å². The van der Waals surface area contributed by atoms with E-state index < -0.39 is 0 Å². The average molecular weight is 246 g/mol. The van der Waals surface area contributed by atoms with Crippen LogP contribution in [0.1, 0.15) is 11.3 Å². The second-order valence-corrected chi connectivity index (χ2v) is 4.29. The molecule has 0 radical (unpaired) electrons. The number of nitrogens with one attached hydrogen (secondary N) is 1. The number of nitrogens with zero attached hydrogens (tertiary/aromatic N) is 1. The summed E-state index contributed by atoms with van der Waals surface area (Å²) in [7, 11) is 3.54. The fraction of sp³-hybridized carbons (Fsp3) is 0.154. The molecule has 0 aliphatic heterocycles. The highest BCUT2D eigenvalue weighted by Crippen LogP contribution is 2.17. The number of hydrogen-bond donors (Lipinski definition) is 1. The first kappa shape index (κ1) is 11.7. The van der Waals surface area contributed by atoms with Gasteiger partial charge < -0.3 is 10.1 Å². The molecule has 1 N–H and O–H groups in total. The molecule has 0 spiro atoms. The molecular weight excluding hydrogens is 232 g/mol. The van der Waals surface area contributed by atoms with Crippen LogP contribution in [0.15, 0.2) is 29.6 Å². The van der Waals surface area contributed by atoms with Gasteiger partial charge in [-0.3, -0.25) is 0 Å². The fourth-order valence-corrected chi connectivity index (χ4v) is 2.01. The summed E-state index contributed by atoms with van der Waals surface area (Å²) in [5.41, 5.74) is 2.10. The Balaban J connectivity index is 2.08. The number of aromatic nitrogens is 1. The molecule has 0 aliphatic carbocycles. The molecule has 1 aromatic heterocycles. The van der Waals surface area contributed by atoms with Gasteiger partial charge in [0.05, 0.1) is 12.8 Å². The van der Waals surface area contributed by atoms with Crippen LogP contribution >= 0.6 is 11.3 Å². The Morgan fingerprint density at radius 2 is 2.00 bits per heavy atom. The van der Waals surface area contributed by atoms with Crippen molar-refractivity contribution in [2.75, 3.05) is 19.5 Å². The quantitative estimate of drug-likeness (QED) is 0.898. The van der Waals surface area contributed by atoms with Gasteiger partial charge in [-0.2, -0.15) is 0 Å². The summed E-state index contributed by atoms with van der Waals surface area (Å²) in [6, 6.07) is 7.92. The SMILES string of the molecule is CNc1nc(/C=C/c2ccc(OC)cc2)cs1. The lowest BCUT2D eigenvalue weighted by molar-refractivity contribution is 0.415. The molecule has 1 aromatic carbocycles. The monoisotopic (exact) mass is 246 g/mol. The number of anilines is 1. The molecular formula is C13H14N2OS. The summed E-state index contributed by atoms with van der Waals surface area (Å²) in [5.74, 6) is 0.869. The van der Waals surface area contributed by atoms with Crippen molar-refractivity contribution < 1.29 is 4.74 Å². The van der Waals surface area contributed by atoms with Gasteiger partial charge in [-0.25, -0.2) is 4.98 Å². The van der Waals surface area contributed by atoms with Gasteiger partial charge in [0.15, 0.2) is 5.13 Å². The van der Waals surface area contributed by atoms with Gasteiger partial charge in [-0.05, 0) is 23.8 Å². The topological polar surface area (TPSA) is 34.2 Å². The molecule has 2 aromatic rings. The first-order chi connectivity index (χ1) is 8.31. The number of benzene rings is 1. The smallest absolute Gasteiger partial charge is 0.182 e. The first-order valence-corrected chi connectivity index (χ1v) is 6.15. The molecule has 88 valence electrons. The largest absolute Gasteiger partial charge is 0.497 e. The molecule has 17 heavy (non-hydrogen) atoms. The summed E-state index contributed by atoms with van der Waals surface area (Å²) in [4.78, 5) is 4.37. The normalized spacial score (nSPS) is 10.7.